The summed E-state index contributed by atoms with van der Waals surface area (Å²) in [6.45, 7) is 2.92. The molecule has 0 bridgehead atoms. The van der Waals surface area contributed by atoms with Crippen LogP contribution in [-0.4, -0.2) is 30.1 Å². The average molecular weight is 256 g/mol. The van der Waals surface area contributed by atoms with Gasteiger partial charge in [0.1, 0.15) is 0 Å². The first-order chi connectivity index (χ1) is 8.13. The Hall–Kier alpha value is -1.24. The molecule has 1 saturated heterocycles. The minimum absolute atomic E-state index is 0.272. The molecule has 0 spiro atoms. The molecule has 1 aliphatic rings. The van der Waals surface area contributed by atoms with Gasteiger partial charge >= 0.3 is 5.97 Å². The first kappa shape index (κ1) is 12.2. The van der Waals surface area contributed by atoms with Crippen molar-refractivity contribution < 1.29 is 24.2 Å². The van der Waals surface area contributed by atoms with E-state index in [2.05, 4.69) is 0 Å². The second kappa shape index (κ2) is 4.95. The summed E-state index contributed by atoms with van der Waals surface area (Å²) in [5, 5.41) is 8.72. The second-order valence-corrected chi connectivity index (χ2v) is 4.65. The fraction of sp³-hybridized carbons (Fsp3) is 0.455. The van der Waals surface area contributed by atoms with E-state index in [0.717, 1.165) is 21.8 Å². The Kier molecular flexibility index (Phi) is 3.56. The summed E-state index contributed by atoms with van der Waals surface area (Å²) < 4.78 is 10.6. The normalized spacial score (nSPS) is 16.3. The van der Waals surface area contributed by atoms with Gasteiger partial charge in [-0.05, 0) is 18.1 Å². The molecule has 0 aromatic carbocycles. The van der Waals surface area contributed by atoms with Crippen LogP contribution < -0.4 is 0 Å². The van der Waals surface area contributed by atoms with Crippen molar-refractivity contribution in [3.05, 3.63) is 21.4 Å². The molecule has 1 N–H and O–H groups in total. The molecule has 0 aliphatic carbocycles. The van der Waals surface area contributed by atoms with Gasteiger partial charge < -0.3 is 14.6 Å². The van der Waals surface area contributed by atoms with E-state index >= 15 is 0 Å². The van der Waals surface area contributed by atoms with E-state index in [1.165, 1.54) is 0 Å². The molecular weight excluding hydrogens is 244 g/mol. The molecule has 2 rings (SSSR count). The van der Waals surface area contributed by atoms with Crippen LogP contribution in [0.4, 0.5) is 0 Å². The Morgan fingerprint density at radius 3 is 2.65 bits per heavy atom. The molecule has 6 heteroatoms. The van der Waals surface area contributed by atoms with Crippen molar-refractivity contribution in [2.24, 2.45) is 0 Å². The molecule has 0 unspecified atom stereocenters. The van der Waals surface area contributed by atoms with E-state index in [-0.39, 0.29) is 4.88 Å². The van der Waals surface area contributed by atoms with Crippen LogP contribution in [0, 0.1) is 0 Å². The lowest BCUT2D eigenvalue weighted by Crippen LogP contribution is -2.12. The van der Waals surface area contributed by atoms with E-state index in [1.807, 2.05) is 6.92 Å². The standard InChI is InChI=1S/C11H12O5S/c1-2-6-5-7(11-15-3-4-16-11)17-9(6)8(12)10(13)14/h5,11H,2-4H2,1H3,(H,13,14). The number of carboxylic acids is 1. The van der Waals surface area contributed by atoms with Crippen molar-refractivity contribution in [2.45, 2.75) is 19.6 Å². The highest BCUT2D eigenvalue weighted by Crippen LogP contribution is 2.33. The van der Waals surface area contributed by atoms with E-state index in [9.17, 15) is 9.59 Å². The largest absolute Gasteiger partial charge is 0.475 e. The molecule has 0 radical (unpaired) electrons. The van der Waals surface area contributed by atoms with Crippen LogP contribution >= 0.6 is 11.3 Å². The lowest BCUT2D eigenvalue weighted by molar-refractivity contribution is -0.131. The molecule has 1 fully saturated rings. The Bertz CT molecular complexity index is 445. The third-order valence-electron chi connectivity index (χ3n) is 2.46. The molecule has 17 heavy (non-hydrogen) atoms. The number of aliphatic carboxylic acids is 1. The maximum Gasteiger partial charge on any atom is 0.378 e. The number of hydrogen-bond donors (Lipinski definition) is 1. The fourth-order valence-corrected chi connectivity index (χ4v) is 2.82. The number of Topliss-reactive ketones (excluding diaryl/α,β-unsaturated/α-hetero) is 1. The maximum atomic E-state index is 11.5. The number of aryl methyl sites for hydroxylation is 1. The monoisotopic (exact) mass is 256 g/mol. The number of carbonyl (C=O) groups is 2. The molecule has 2 heterocycles. The van der Waals surface area contributed by atoms with Crippen LogP contribution in [0.3, 0.4) is 0 Å². The Morgan fingerprint density at radius 1 is 1.47 bits per heavy atom. The lowest BCUT2D eigenvalue weighted by Gasteiger charge is -2.04. The number of carboxylic acid groups (broad SMARTS) is 1. The number of ether oxygens (including phenoxy) is 2. The van der Waals surface area contributed by atoms with Crippen LogP contribution in [0.25, 0.3) is 0 Å². The summed E-state index contributed by atoms with van der Waals surface area (Å²) in [6, 6.07) is 1.79. The number of rotatable bonds is 4. The maximum absolute atomic E-state index is 11.5. The molecule has 0 saturated carbocycles. The zero-order chi connectivity index (χ0) is 12.4. The van der Waals surface area contributed by atoms with Crippen molar-refractivity contribution in [1.29, 1.82) is 0 Å². The fourth-order valence-electron chi connectivity index (χ4n) is 1.64. The molecule has 1 aromatic heterocycles. The zero-order valence-electron chi connectivity index (χ0n) is 9.26. The summed E-state index contributed by atoms with van der Waals surface area (Å²) >= 11 is 1.14. The lowest BCUT2D eigenvalue weighted by atomic mass is 10.1. The Labute approximate surface area is 102 Å². The highest BCUT2D eigenvalue weighted by molar-refractivity contribution is 7.15. The summed E-state index contributed by atoms with van der Waals surface area (Å²) in [4.78, 5) is 23.2. The topological polar surface area (TPSA) is 72.8 Å². The first-order valence-corrected chi connectivity index (χ1v) is 6.08. The number of thiophene rings is 1. The van der Waals surface area contributed by atoms with Gasteiger partial charge in [0, 0.05) is 0 Å². The smallest absolute Gasteiger partial charge is 0.378 e. The van der Waals surface area contributed by atoms with Gasteiger partial charge in [-0.3, -0.25) is 4.79 Å². The highest BCUT2D eigenvalue weighted by Gasteiger charge is 2.26. The minimum Gasteiger partial charge on any atom is -0.475 e. The third-order valence-corrected chi connectivity index (χ3v) is 3.66. The van der Waals surface area contributed by atoms with Gasteiger partial charge in [0.25, 0.3) is 5.78 Å². The molecule has 5 nitrogen and oxygen atoms in total. The van der Waals surface area contributed by atoms with Gasteiger partial charge in [-0.1, -0.05) is 6.92 Å². The van der Waals surface area contributed by atoms with Crippen molar-refractivity contribution in [1.82, 2.24) is 0 Å². The zero-order valence-corrected chi connectivity index (χ0v) is 10.1. The minimum atomic E-state index is -1.43. The third kappa shape index (κ3) is 2.38. The summed E-state index contributed by atoms with van der Waals surface area (Å²) in [6.07, 6.45) is 0.151. The van der Waals surface area contributed by atoms with Crippen LogP contribution in [0.1, 0.15) is 33.3 Å². The average Bonchev–Trinajstić information content (AvgIpc) is 2.96. The Morgan fingerprint density at radius 2 is 2.12 bits per heavy atom. The van der Waals surface area contributed by atoms with Crippen molar-refractivity contribution >= 4 is 23.1 Å². The van der Waals surface area contributed by atoms with Gasteiger partial charge in [-0.15, -0.1) is 11.3 Å². The quantitative estimate of drug-likeness (QED) is 0.654. The van der Waals surface area contributed by atoms with Gasteiger partial charge in [-0.2, -0.15) is 0 Å². The summed E-state index contributed by atoms with van der Waals surface area (Å²) in [5.41, 5.74) is 0.733. The van der Waals surface area contributed by atoms with E-state index in [1.54, 1.807) is 6.07 Å². The van der Waals surface area contributed by atoms with Crippen LogP contribution in [0.2, 0.25) is 0 Å². The van der Waals surface area contributed by atoms with Gasteiger partial charge in [0.2, 0.25) is 0 Å². The van der Waals surface area contributed by atoms with Gasteiger partial charge in [0.15, 0.2) is 6.29 Å². The number of hydrogen-bond acceptors (Lipinski definition) is 5. The van der Waals surface area contributed by atoms with Crippen molar-refractivity contribution in [3.63, 3.8) is 0 Å². The molecule has 0 atom stereocenters. The summed E-state index contributed by atoms with van der Waals surface area (Å²) in [7, 11) is 0. The van der Waals surface area contributed by atoms with Crippen molar-refractivity contribution in [2.75, 3.05) is 13.2 Å². The van der Waals surface area contributed by atoms with E-state index in [0.29, 0.717) is 19.6 Å². The SMILES string of the molecule is CCc1cc(C2OCCO2)sc1C(=O)C(=O)O. The van der Waals surface area contributed by atoms with Crippen molar-refractivity contribution in [3.8, 4) is 0 Å². The molecular formula is C11H12O5S. The number of carbonyl (C=O) groups excluding carboxylic acids is 1. The predicted molar refractivity (Wildman–Crippen MR) is 60.3 cm³/mol. The molecule has 1 aliphatic heterocycles. The number of ketones is 1. The van der Waals surface area contributed by atoms with Crippen LogP contribution in [0.5, 0.6) is 0 Å². The highest BCUT2D eigenvalue weighted by atomic mass is 32.1. The first-order valence-electron chi connectivity index (χ1n) is 5.27. The van der Waals surface area contributed by atoms with E-state index in [4.69, 9.17) is 14.6 Å². The molecule has 1 aromatic rings. The molecule has 0 amide bonds. The molecule has 92 valence electrons. The van der Waals surface area contributed by atoms with Crippen LogP contribution in [-0.2, 0) is 20.7 Å². The van der Waals surface area contributed by atoms with Gasteiger partial charge in [-0.25, -0.2) is 4.79 Å². The van der Waals surface area contributed by atoms with Crippen LogP contribution in [0.15, 0.2) is 6.07 Å². The Balaban J connectivity index is 2.32. The second-order valence-electron chi connectivity index (χ2n) is 3.56. The predicted octanol–water partition coefficient (Wildman–Crippen LogP) is 1.62. The summed E-state index contributed by atoms with van der Waals surface area (Å²) in [5.74, 6) is -2.29. The van der Waals surface area contributed by atoms with E-state index < -0.39 is 18.0 Å². The van der Waals surface area contributed by atoms with Gasteiger partial charge in [0.05, 0.1) is 23.0 Å².